The van der Waals surface area contributed by atoms with Crippen molar-refractivity contribution in [2.45, 2.75) is 0 Å². The Balaban J connectivity index is 1.94. The topological polar surface area (TPSA) is 70.9 Å². The predicted octanol–water partition coefficient (Wildman–Crippen LogP) is 3.28. The van der Waals surface area contributed by atoms with Gasteiger partial charge in [-0.25, -0.2) is 8.78 Å². The van der Waals surface area contributed by atoms with Crippen LogP contribution in [0.5, 0.6) is 0 Å². The van der Waals surface area contributed by atoms with Gasteiger partial charge in [-0.15, -0.1) is 0 Å². The summed E-state index contributed by atoms with van der Waals surface area (Å²) in [7, 11) is 0. The third kappa shape index (κ3) is 2.43. The summed E-state index contributed by atoms with van der Waals surface area (Å²) in [6.07, 6.45) is 1.51. The van der Waals surface area contributed by atoms with Crippen LogP contribution < -0.4 is 11.1 Å². The zero-order valence-electron chi connectivity index (χ0n) is 10.8. The molecular formula is C15H11F2N3O. The Labute approximate surface area is 118 Å². The number of aromatic amines is 1. The lowest BCUT2D eigenvalue weighted by atomic mass is 10.1. The minimum atomic E-state index is -0.826. The molecule has 4 N–H and O–H groups in total. The van der Waals surface area contributed by atoms with E-state index in [0.717, 1.165) is 6.07 Å². The Morgan fingerprint density at radius 3 is 2.71 bits per heavy atom. The largest absolute Gasteiger partial charge is 0.399 e. The molecule has 21 heavy (non-hydrogen) atoms. The second-order valence-corrected chi connectivity index (χ2v) is 4.59. The van der Waals surface area contributed by atoms with E-state index in [9.17, 15) is 13.6 Å². The molecule has 0 aliphatic rings. The molecule has 0 aliphatic carbocycles. The lowest BCUT2D eigenvalue weighted by Crippen LogP contribution is -2.12. The molecule has 0 fully saturated rings. The molecule has 0 unspecified atom stereocenters. The molecule has 0 saturated heterocycles. The number of anilines is 2. The van der Waals surface area contributed by atoms with E-state index in [1.165, 1.54) is 12.3 Å². The van der Waals surface area contributed by atoms with E-state index < -0.39 is 17.5 Å². The first kappa shape index (κ1) is 13.1. The van der Waals surface area contributed by atoms with Crippen molar-refractivity contribution in [3.8, 4) is 0 Å². The zero-order chi connectivity index (χ0) is 15.0. The molecule has 0 spiro atoms. The molecule has 0 atom stereocenters. The van der Waals surface area contributed by atoms with Gasteiger partial charge in [0.2, 0.25) is 0 Å². The molecule has 0 bridgehead atoms. The number of amides is 1. The fourth-order valence-corrected chi connectivity index (χ4v) is 2.11. The Kier molecular flexibility index (Phi) is 3.06. The van der Waals surface area contributed by atoms with Gasteiger partial charge < -0.3 is 16.0 Å². The van der Waals surface area contributed by atoms with Gasteiger partial charge in [-0.05, 0) is 30.3 Å². The Morgan fingerprint density at radius 1 is 1.14 bits per heavy atom. The fourth-order valence-electron chi connectivity index (χ4n) is 2.11. The van der Waals surface area contributed by atoms with Crippen LogP contribution in [0.15, 0.2) is 42.6 Å². The molecule has 1 amide bonds. The van der Waals surface area contributed by atoms with Gasteiger partial charge in [0.05, 0.1) is 11.3 Å². The fraction of sp³-hybridized carbons (Fsp3) is 0. The van der Waals surface area contributed by atoms with Crippen molar-refractivity contribution in [3.05, 3.63) is 59.8 Å². The van der Waals surface area contributed by atoms with Crippen molar-refractivity contribution in [2.24, 2.45) is 0 Å². The number of nitrogens with two attached hydrogens (primary N) is 1. The molecule has 2 aromatic carbocycles. The van der Waals surface area contributed by atoms with E-state index in [1.54, 1.807) is 18.2 Å². The molecular weight excluding hydrogens is 276 g/mol. The third-order valence-electron chi connectivity index (χ3n) is 3.13. The van der Waals surface area contributed by atoms with Crippen LogP contribution in [-0.4, -0.2) is 10.9 Å². The molecule has 0 aliphatic heterocycles. The van der Waals surface area contributed by atoms with Crippen LogP contribution in [0.2, 0.25) is 0 Å². The van der Waals surface area contributed by atoms with Crippen LogP contribution in [0.25, 0.3) is 10.9 Å². The van der Waals surface area contributed by atoms with E-state index in [-0.39, 0.29) is 5.69 Å². The SMILES string of the molecule is Nc1ccc2c(C(=O)Nc3ccc(F)cc3F)c[nH]c2c1. The summed E-state index contributed by atoms with van der Waals surface area (Å²) in [5.74, 6) is -2.02. The molecule has 1 heterocycles. The second kappa shape index (κ2) is 4.90. The van der Waals surface area contributed by atoms with Gasteiger partial charge in [0.1, 0.15) is 11.6 Å². The third-order valence-corrected chi connectivity index (χ3v) is 3.13. The van der Waals surface area contributed by atoms with Gasteiger partial charge in [0.15, 0.2) is 0 Å². The number of H-pyrrole nitrogens is 1. The van der Waals surface area contributed by atoms with Crippen molar-refractivity contribution in [1.82, 2.24) is 4.98 Å². The second-order valence-electron chi connectivity index (χ2n) is 4.59. The average Bonchev–Trinajstić information content (AvgIpc) is 2.84. The number of hydrogen-bond donors (Lipinski definition) is 3. The number of rotatable bonds is 2. The van der Waals surface area contributed by atoms with Crippen LogP contribution >= 0.6 is 0 Å². The maximum Gasteiger partial charge on any atom is 0.257 e. The average molecular weight is 287 g/mol. The Hall–Kier alpha value is -2.89. The maximum atomic E-state index is 13.5. The van der Waals surface area contributed by atoms with Crippen molar-refractivity contribution < 1.29 is 13.6 Å². The highest BCUT2D eigenvalue weighted by atomic mass is 19.1. The van der Waals surface area contributed by atoms with Crippen LogP contribution in [0.1, 0.15) is 10.4 Å². The number of carbonyl (C=O) groups is 1. The number of nitrogen functional groups attached to an aromatic ring is 1. The van der Waals surface area contributed by atoms with E-state index >= 15 is 0 Å². The highest BCUT2D eigenvalue weighted by molar-refractivity contribution is 6.13. The summed E-state index contributed by atoms with van der Waals surface area (Å²) in [6, 6.07) is 8.04. The molecule has 1 aromatic heterocycles. The standard InChI is InChI=1S/C15H11F2N3O/c16-8-1-4-13(12(17)5-8)20-15(21)11-7-19-14-6-9(18)2-3-10(11)14/h1-7,19H,18H2,(H,20,21). The number of halogens is 2. The molecule has 106 valence electrons. The van der Waals surface area contributed by atoms with E-state index in [1.807, 2.05) is 0 Å². The molecule has 6 heteroatoms. The van der Waals surface area contributed by atoms with Crippen LogP contribution in [-0.2, 0) is 0 Å². The molecule has 3 aromatic rings. The first-order chi connectivity index (χ1) is 10.0. The predicted molar refractivity (Wildman–Crippen MR) is 77.0 cm³/mol. The molecule has 4 nitrogen and oxygen atoms in total. The summed E-state index contributed by atoms with van der Waals surface area (Å²) >= 11 is 0. The van der Waals surface area contributed by atoms with Gasteiger partial charge in [0.25, 0.3) is 5.91 Å². The van der Waals surface area contributed by atoms with Gasteiger partial charge in [-0.2, -0.15) is 0 Å². The van der Waals surface area contributed by atoms with Gasteiger partial charge in [0, 0.05) is 28.9 Å². The Morgan fingerprint density at radius 2 is 1.95 bits per heavy atom. The summed E-state index contributed by atoms with van der Waals surface area (Å²) < 4.78 is 26.4. The van der Waals surface area contributed by atoms with Crippen LogP contribution in [0.3, 0.4) is 0 Å². The highest BCUT2D eigenvalue weighted by Crippen LogP contribution is 2.22. The number of fused-ring (bicyclic) bond motifs is 1. The minimum absolute atomic E-state index is 0.0776. The monoisotopic (exact) mass is 287 g/mol. The highest BCUT2D eigenvalue weighted by Gasteiger charge is 2.14. The summed E-state index contributed by atoms with van der Waals surface area (Å²) in [6.45, 7) is 0. The zero-order valence-corrected chi connectivity index (χ0v) is 10.8. The van der Waals surface area contributed by atoms with Crippen molar-refractivity contribution in [3.63, 3.8) is 0 Å². The molecule has 0 radical (unpaired) electrons. The van der Waals surface area contributed by atoms with Gasteiger partial charge >= 0.3 is 0 Å². The van der Waals surface area contributed by atoms with E-state index in [4.69, 9.17) is 5.73 Å². The quantitative estimate of drug-likeness (QED) is 0.633. The number of benzene rings is 2. The number of hydrogen-bond acceptors (Lipinski definition) is 2. The smallest absolute Gasteiger partial charge is 0.257 e. The maximum absolute atomic E-state index is 13.5. The van der Waals surface area contributed by atoms with Crippen molar-refractivity contribution in [2.75, 3.05) is 11.1 Å². The Bertz CT molecular complexity index is 842. The molecule has 0 saturated carbocycles. The van der Waals surface area contributed by atoms with Crippen molar-refractivity contribution in [1.29, 1.82) is 0 Å². The molecule has 3 rings (SSSR count). The first-order valence-corrected chi connectivity index (χ1v) is 6.17. The van der Waals surface area contributed by atoms with Crippen LogP contribution in [0, 0.1) is 11.6 Å². The number of carbonyl (C=O) groups excluding carboxylic acids is 1. The van der Waals surface area contributed by atoms with E-state index in [2.05, 4.69) is 10.3 Å². The number of nitrogens with one attached hydrogen (secondary N) is 2. The minimum Gasteiger partial charge on any atom is -0.399 e. The lowest BCUT2D eigenvalue weighted by Gasteiger charge is -2.05. The first-order valence-electron chi connectivity index (χ1n) is 6.17. The summed E-state index contributed by atoms with van der Waals surface area (Å²) in [5.41, 5.74) is 7.22. The van der Waals surface area contributed by atoms with E-state index in [0.29, 0.717) is 28.2 Å². The summed E-state index contributed by atoms with van der Waals surface area (Å²) in [5, 5.41) is 3.09. The lowest BCUT2D eigenvalue weighted by molar-refractivity contribution is 0.102. The summed E-state index contributed by atoms with van der Waals surface area (Å²) in [4.78, 5) is 15.1. The van der Waals surface area contributed by atoms with Gasteiger partial charge in [-0.1, -0.05) is 0 Å². The number of aromatic nitrogens is 1. The van der Waals surface area contributed by atoms with Crippen molar-refractivity contribution >= 4 is 28.2 Å². The van der Waals surface area contributed by atoms with Crippen LogP contribution in [0.4, 0.5) is 20.2 Å². The normalized spacial score (nSPS) is 10.8. The van der Waals surface area contributed by atoms with Gasteiger partial charge in [-0.3, -0.25) is 4.79 Å².